The summed E-state index contributed by atoms with van der Waals surface area (Å²) in [6.07, 6.45) is 1.18. The van der Waals surface area contributed by atoms with Crippen LogP contribution in [0, 0.1) is 11.6 Å². The van der Waals surface area contributed by atoms with Gasteiger partial charge in [0.05, 0.1) is 11.9 Å². The molecule has 0 spiro atoms. The molecule has 0 bridgehead atoms. The van der Waals surface area contributed by atoms with Crippen LogP contribution in [0.2, 0.25) is 0 Å². The lowest BCUT2D eigenvalue weighted by molar-refractivity contribution is 0.611. The first-order valence-electron chi connectivity index (χ1n) is 4.67. The van der Waals surface area contributed by atoms with E-state index in [2.05, 4.69) is 20.9 Å². The van der Waals surface area contributed by atoms with E-state index in [4.69, 9.17) is 0 Å². The monoisotopic (exact) mass is 283 g/mol. The third kappa shape index (κ3) is 2.27. The van der Waals surface area contributed by atoms with Gasteiger partial charge in [0.25, 0.3) is 0 Å². The minimum absolute atomic E-state index is 0.299. The Morgan fingerprint density at radius 1 is 1.12 bits per heavy atom. The van der Waals surface area contributed by atoms with Crippen molar-refractivity contribution in [3.05, 3.63) is 53.7 Å². The second kappa shape index (κ2) is 4.70. The van der Waals surface area contributed by atoms with Crippen LogP contribution < -0.4 is 0 Å². The number of alkyl halides is 1. The summed E-state index contributed by atoms with van der Waals surface area (Å²) >= 11 is 3.20. The summed E-state index contributed by atoms with van der Waals surface area (Å²) in [7, 11) is 0. The number of nitrogens with zero attached hydrogens (tertiary/aromatic N) is 1. The molecule has 0 amide bonds. The van der Waals surface area contributed by atoms with E-state index in [0.717, 1.165) is 5.56 Å². The molecule has 2 aromatic rings. The summed E-state index contributed by atoms with van der Waals surface area (Å²) in [5, 5.41) is 0.426. The largest absolute Gasteiger partial charge is 0.253 e. The SMILES string of the molecule is Fc1ccc(-c2cc(CBr)c(F)cn2)cc1. The molecule has 0 unspecified atom stereocenters. The van der Waals surface area contributed by atoms with Gasteiger partial charge in [-0.1, -0.05) is 15.9 Å². The number of aromatic nitrogens is 1. The molecule has 4 heteroatoms. The van der Waals surface area contributed by atoms with Crippen LogP contribution in [0.4, 0.5) is 8.78 Å². The molecule has 0 aliphatic carbocycles. The van der Waals surface area contributed by atoms with E-state index >= 15 is 0 Å². The topological polar surface area (TPSA) is 12.9 Å². The van der Waals surface area contributed by atoms with Gasteiger partial charge in [-0.2, -0.15) is 0 Å². The Bertz CT molecular complexity index is 497. The summed E-state index contributed by atoms with van der Waals surface area (Å²) in [6.45, 7) is 0. The molecule has 0 saturated carbocycles. The summed E-state index contributed by atoms with van der Waals surface area (Å²) in [4.78, 5) is 3.97. The first-order valence-corrected chi connectivity index (χ1v) is 5.79. The van der Waals surface area contributed by atoms with Crippen LogP contribution in [0.15, 0.2) is 36.5 Å². The van der Waals surface area contributed by atoms with Gasteiger partial charge in [-0.05, 0) is 30.3 Å². The zero-order chi connectivity index (χ0) is 11.5. The molecule has 0 N–H and O–H groups in total. The maximum atomic E-state index is 13.2. The Labute approximate surface area is 100 Å². The highest BCUT2D eigenvalue weighted by molar-refractivity contribution is 9.08. The molecule has 0 fully saturated rings. The van der Waals surface area contributed by atoms with E-state index < -0.39 is 0 Å². The van der Waals surface area contributed by atoms with Gasteiger partial charge in [-0.3, -0.25) is 4.98 Å². The fourth-order valence-corrected chi connectivity index (χ4v) is 1.79. The van der Waals surface area contributed by atoms with Gasteiger partial charge in [0.15, 0.2) is 0 Å². The van der Waals surface area contributed by atoms with Crippen LogP contribution in [-0.4, -0.2) is 4.98 Å². The lowest BCUT2D eigenvalue weighted by Crippen LogP contribution is -1.91. The third-order valence-corrected chi connectivity index (χ3v) is 2.82. The van der Waals surface area contributed by atoms with E-state index in [0.29, 0.717) is 16.6 Å². The normalized spacial score (nSPS) is 10.4. The quantitative estimate of drug-likeness (QED) is 0.762. The van der Waals surface area contributed by atoms with E-state index in [1.165, 1.54) is 18.3 Å². The van der Waals surface area contributed by atoms with E-state index in [1.54, 1.807) is 18.2 Å². The highest BCUT2D eigenvalue weighted by atomic mass is 79.9. The van der Waals surface area contributed by atoms with Crippen molar-refractivity contribution in [1.82, 2.24) is 4.98 Å². The molecule has 82 valence electrons. The molecule has 1 aromatic carbocycles. The third-order valence-electron chi connectivity index (χ3n) is 2.22. The van der Waals surface area contributed by atoms with Gasteiger partial charge < -0.3 is 0 Å². The Morgan fingerprint density at radius 2 is 1.81 bits per heavy atom. The lowest BCUT2D eigenvalue weighted by Gasteiger charge is -2.03. The molecule has 0 atom stereocenters. The Hall–Kier alpha value is -1.29. The van der Waals surface area contributed by atoms with Crippen molar-refractivity contribution in [3.8, 4) is 11.3 Å². The van der Waals surface area contributed by atoms with Crippen molar-refractivity contribution in [3.63, 3.8) is 0 Å². The second-order valence-corrected chi connectivity index (χ2v) is 3.86. The molecule has 0 aliphatic heterocycles. The summed E-state index contributed by atoms with van der Waals surface area (Å²) in [5.74, 6) is -0.644. The van der Waals surface area contributed by atoms with Crippen LogP contribution in [0.25, 0.3) is 11.3 Å². The van der Waals surface area contributed by atoms with Crippen LogP contribution >= 0.6 is 15.9 Å². The van der Waals surface area contributed by atoms with E-state index in [-0.39, 0.29) is 11.6 Å². The Balaban J connectivity index is 2.44. The predicted octanol–water partition coefficient (Wildman–Crippen LogP) is 3.92. The number of rotatable bonds is 2. The van der Waals surface area contributed by atoms with Crippen LogP contribution in [-0.2, 0) is 5.33 Å². The molecular weight excluding hydrogens is 276 g/mol. The first kappa shape index (κ1) is 11.2. The smallest absolute Gasteiger partial charge is 0.145 e. The van der Waals surface area contributed by atoms with Crippen LogP contribution in [0.3, 0.4) is 0 Å². The van der Waals surface area contributed by atoms with Crippen molar-refractivity contribution in [2.75, 3.05) is 0 Å². The fourth-order valence-electron chi connectivity index (χ4n) is 1.36. The molecule has 16 heavy (non-hydrogen) atoms. The summed E-state index contributed by atoms with van der Waals surface area (Å²) in [5.41, 5.74) is 1.94. The van der Waals surface area contributed by atoms with Crippen molar-refractivity contribution in [2.45, 2.75) is 5.33 Å². The van der Waals surface area contributed by atoms with Crippen LogP contribution in [0.1, 0.15) is 5.56 Å². The molecule has 1 nitrogen and oxygen atoms in total. The first-order chi connectivity index (χ1) is 7.70. The predicted molar refractivity (Wildman–Crippen MR) is 62.2 cm³/mol. The van der Waals surface area contributed by atoms with E-state index in [9.17, 15) is 8.78 Å². The molecule has 0 saturated heterocycles. The van der Waals surface area contributed by atoms with Gasteiger partial charge in [0.2, 0.25) is 0 Å². The highest BCUT2D eigenvalue weighted by Gasteiger charge is 2.05. The molecule has 1 heterocycles. The molecule has 1 aromatic heterocycles. The van der Waals surface area contributed by atoms with Gasteiger partial charge in [-0.25, -0.2) is 8.78 Å². The van der Waals surface area contributed by atoms with E-state index in [1.807, 2.05) is 0 Å². The minimum Gasteiger partial charge on any atom is -0.253 e. The van der Waals surface area contributed by atoms with Crippen molar-refractivity contribution in [1.29, 1.82) is 0 Å². The number of halogens is 3. The zero-order valence-corrected chi connectivity index (χ0v) is 9.84. The Kier molecular flexibility index (Phi) is 3.29. The van der Waals surface area contributed by atoms with Gasteiger partial charge in [0, 0.05) is 16.5 Å². The zero-order valence-electron chi connectivity index (χ0n) is 8.25. The number of hydrogen-bond donors (Lipinski definition) is 0. The summed E-state index contributed by atoms with van der Waals surface area (Å²) < 4.78 is 25.9. The second-order valence-electron chi connectivity index (χ2n) is 3.30. The molecule has 0 radical (unpaired) electrons. The molecular formula is C12H8BrF2N. The number of pyridine rings is 1. The average molecular weight is 284 g/mol. The Morgan fingerprint density at radius 3 is 2.44 bits per heavy atom. The maximum absolute atomic E-state index is 13.2. The van der Waals surface area contributed by atoms with Gasteiger partial charge >= 0.3 is 0 Å². The van der Waals surface area contributed by atoms with Crippen molar-refractivity contribution >= 4 is 15.9 Å². The molecule has 0 aliphatic rings. The maximum Gasteiger partial charge on any atom is 0.145 e. The van der Waals surface area contributed by atoms with Crippen molar-refractivity contribution < 1.29 is 8.78 Å². The number of hydrogen-bond acceptors (Lipinski definition) is 1. The van der Waals surface area contributed by atoms with Crippen LogP contribution in [0.5, 0.6) is 0 Å². The highest BCUT2D eigenvalue weighted by Crippen LogP contribution is 2.21. The number of benzene rings is 1. The molecule has 2 rings (SSSR count). The van der Waals surface area contributed by atoms with Crippen molar-refractivity contribution in [2.24, 2.45) is 0 Å². The van der Waals surface area contributed by atoms with Gasteiger partial charge in [-0.15, -0.1) is 0 Å². The summed E-state index contributed by atoms with van der Waals surface area (Å²) in [6, 6.07) is 7.60. The average Bonchev–Trinajstić information content (AvgIpc) is 2.31. The lowest BCUT2D eigenvalue weighted by atomic mass is 10.1. The standard InChI is InChI=1S/C12H8BrF2N/c13-6-9-5-12(16-7-11(9)15)8-1-3-10(14)4-2-8/h1-5,7H,6H2. The minimum atomic E-state index is -0.345. The van der Waals surface area contributed by atoms with Gasteiger partial charge in [0.1, 0.15) is 11.6 Å². The fraction of sp³-hybridized carbons (Fsp3) is 0.0833.